The van der Waals surface area contributed by atoms with E-state index in [-0.39, 0.29) is 0 Å². The van der Waals surface area contributed by atoms with Crippen molar-refractivity contribution >= 4 is 17.0 Å². The fourth-order valence-corrected chi connectivity index (χ4v) is 2.84. The Morgan fingerprint density at radius 1 is 1.28 bits per heavy atom. The van der Waals surface area contributed by atoms with Crippen LogP contribution in [0.3, 0.4) is 0 Å². The molecule has 0 saturated carbocycles. The van der Waals surface area contributed by atoms with Gasteiger partial charge < -0.3 is 10.6 Å². The van der Waals surface area contributed by atoms with Crippen molar-refractivity contribution in [2.75, 3.05) is 11.9 Å². The third-order valence-electron chi connectivity index (χ3n) is 3.29. The number of likely N-dealkylation sites (N-methyl/N-ethyl adjacent to an activating group) is 1. The van der Waals surface area contributed by atoms with Gasteiger partial charge in [0, 0.05) is 36.6 Å². The van der Waals surface area contributed by atoms with E-state index >= 15 is 0 Å². The minimum atomic E-state index is 0.483. The van der Waals surface area contributed by atoms with Gasteiger partial charge >= 0.3 is 0 Å². The first-order valence-corrected chi connectivity index (χ1v) is 7.13. The summed E-state index contributed by atoms with van der Waals surface area (Å²) in [7, 11) is 2.15. The number of benzene rings is 1. The zero-order chi connectivity index (χ0) is 13.0. The average Bonchev–Trinajstić information content (AvgIpc) is 2.90. The maximum Gasteiger partial charge on any atom is 0.0369 e. The summed E-state index contributed by atoms with van der Waals surface area (Å²) in [5.74, 6) is 0. The van der Waals surface area contributed by atoms with Crippen molar-refractivity contribution in [3.63, 3.8) is 0 Å². The molecule has 3 heteroatoms. The number of nitrogens with zero attached hydrogens (tertiary/aromatic N) is 1. The lowest BCUT2D eigenvalue weighted by atomic mass is 10.1. The normalized spacial score (nSPS) is 12.4. The van der Waals surface area contributed by atoms with Crippen LogP contribution in [-0.4, -0.2) is 13.1 Å². The molecule has 1 aromatic carbocycles. The van der Waals surface area contributed by atoms with Crippen LogP contribution in [0, 0.1) is 0 Å². The molecule has 1 aromatic heterocycles. The Morgan fingerprint density at radius 2 is 2.11 bits per heavy atom. The van der Waals surface area contributed by atoms with Gasteiger partial charge in [0.25, 0.3) is 0 Å². The second kappa shape index (κ2) is 6.03. The van der Waals surface area contributed by atoms with Crippen LogP contribution in [0.4, 0.5) is 5.69 Å². The van der Waals surface area contributed by atoms with Gasteiger partial charge in [-0.3, -0.25) is 0 Å². The first-order valence-electron chi connectivity index (χ1n) is 6.25. The Balaban J connectivity index is 2.07. The zero-order valence-corrected chi connectivity index (χ0v) is 11.8. The van der Waals surface area contributed by atoms with E-state index in [4.69, 9.17) is 5.73 Å². The molecule has 0 aliphatic carbocycles. The van der Waals surface area contributed by atoms with Crippen LogP contribution in [0.25, 0.3) is 0 Å². The summed E-state index contributed by atoms with van der Waals surface area (Å²) in [5.41, 5.74) is 8.11. The summed E-state index contributed by atoms with van der Waals surface area (Å²) in [5, 5.41) is 2.14. The van der Waals surface area contributed by atoms with Gasteiger partial charge in [-0.2, -0.15) is 0 Å². The van der Waals surface area contributed by atoms with E-state index in [2.05, 4.69) is 60.6 Å². The van der Waals surface area contributed by atoms with E-state index in [0.717, 1.165) is 6.42 Å². The summed E-state index contributed by atoms with van der Waals surface area (Å²) >= 11 is 1.82. The summed E-state index contributed by atoms with van der Waals surface area (Å²) in [6.45, 7) is 2.86. The predicted octanol–water partition coefficient (Wildman–Crippen LogP) is 3.27. The zero-order valence-electron chi connectivity index (χ0n) is 11.0. The molecule has 2 rings (SSSR count). The summed E-state index contributed by atoms with van der Waals surface area (Å²) in [4.78, 5) is 3.75. The second-order valence-electron chi connectivity index (χ2n) is 4.62. The van der Waals surface area contributed by atoms with Gasteiger partial charge in [0.05, 0.1) is 0 Å². The van der Waals surface area contributed by atoms with Crippen molar-refractivity contribution in [2.45, 2.75) is 25.9 Å². The van der Waals surface area contributed by atoms with Gasteiger partial charge in [-0.25, -0.2) is 0 Å². The lowest BCUT2D eigenvalue weighted by molar-refractivity contribution is 0.688. The number of thiophene rings is 1. The maximum absolute atomic E-state index is 5.69. The van der Waals surface area contributed by atoms with E-state index in [0.29, 0.717) is 12.6 Å². The number of rotatable bonds is 5. The third kappa shape index (κ3) is 3.12. The van der Waals surface area contributed by atoms with Crippen molar-refractivity contribution < 1.29 is 0 Å². The molecular formula is C15H20N2S. The second-order valence-corrected chi connectivity index (χ2v) is 5.65. The van der Waals surface area contributed by atoms with Gasteiger partial charge in [0.1, 0.15) is 0 Å². The molecule has 18 heavy (non-hydrogen) atoms. The molecule has 0 aliphatic rings. The average molecular weight is 260 g/mol. The lowest BCUT2D eigenvalue weighted by Gasteiger charge is -2.27. The molecule has 0 saturated heterocycles. The molecule has 0 spiro atoms. The van der Waals surface area contributed by atoms with E-state index in [9.17, 15) is 0 Å². The van der Waals surface area contributed by atoms with Crippen LogP contribution in [0.5, 0.6) is 0 Å². The molecule has 96 valence electrons. The molecule has 2 N–H and O–H groups in total. The Kier molecular flexibility index (Phi) is 4.39. The van der Waals surface area contributed by atoms with Crippen molar-refractivity contribution in [3.8, 4) is 0 Å². The summed E-state index contributed by atoms with van der Waals surface area (Å²) < 4.78 is 0. The Morgan fingerprint density at radius 3 is 2.78 bits per heavy atom. The van der Waals surface area contributed by atoms with Crippen molar-refractivity contribution in [3.05, 3.63) is 52.2 Å². The number of hydrogen-bond donors (Lipinski definition) is 1. The lowest BCUT2D eigenvalue weighted by Crippen LogP contribution is -2.30. The standard InChI is InChI=1S/C15H20N2S/c1-12(9-15-7-4-8-18-15)17(2)14-6-3-5-13(10-14)11-16/h3-8,10,12H,9,11,16H2,1-2H3. The molecule has 0 amide bonds. The fourth-order valence-electron chi connectivity index (χ4n) is 2.01. The monoisotopic (exact) mass is 260 g/mol. The SMILES string of the molecule is CC(Cc1cccs1)N(C)c1cccc(CN)c1. The van der Waals surface area contributed by atoms with Crippen molar-refractivity contribution in [1.82, 2.24) is 0 Å². The van der Waals surface area contributed by atoms with E-state index < -0.39 is 0 Å². The maximum atomic E-state index is 5.69. The van der Waals surface area contributed by atoms with Crippen LogP contribution in [-0.2, 0) is 13.0 Å². The largest absolute Gasteiger partial charge is 0.372 e. The first kappa shape index (κ1) is 13.1. The highest BCUT2D eigenvalue weighted by molar-refractivity contribution is 7.09. The molecule has 2 aromatic rings. The topological polar surface area (TPSA) is 29.3 Å². The molecule has 0 fully saturated rings. The highest BCUT2D eigenvalue weighted by Gasteiger charge is 2.11. The number of anilines is 1. The first-order chi connectivity index (χ1) is 8.70. The smallest absolute Gasteiger partial charge is 0.0369 e. The van der Waals surface area contributed by atoms with Gasteiger partial charge in [-0.15, -0.1) is 11.3 Å². The van der Waals surface area contributed by atoms with Gasteiger partial charge in [0.2, 0.25) is 0 Å². The molecule has 0 radical (unpaired) electrons. The molecule has 1 unspecified atom stereocenters. The van der Waals surface area contributed by atoms with Crippen LogP contribution in [0.15, 0.2) is 41.8 Å². The molecule has 0 aliphatic heterocycles. The minimum Gasteiger partial charge on any atom is -0.372 e. The number of hydrogen-bond acceptors (Lipinski definition) is 3. The van der Waals surface area contributed by atoms with E-state index in [1.165, 1.54) is 16.1 Å². The predicted molar refractivity (Wildman–Crippen MR) is 80.2 cm³/mol. The summed E-state index contributed by atoms with van der Waals surface area (Å²) in [6, 6.07) is 13.3. The molecule has 1 heterocycles. The van der Waals surface area contributed by atoms with Crippen molar-refractivity contribution in [2.24, 2.45) is 5.73 Å². The molecule has 0 bridgehead atoms. The Labute approximate surface area is 113 Å². The van der Waals surface area contributed by atoms with Gasteiger partial charge in [0.15, 0.2) is 0 Å². The minimum absolute atomic E-state index is 0.483. The fraction of sp³-hybridized carbons (Fsp3) is 0.333. The molecular weight excluding hydrogens is 240 g/mol. The highest BCUT2D eigenvalue weighted by atomic mass is 32.1. The van der Waals surface area contributed by atoms with Crippen LogP contribution >= 0.6 is 11.3 Å². The molecule has 1 atom stereocenters. The summed E-state index contributed by atoms with van der Waals surface area (Å²) in [6.07, 6.45) is 1.08. The Hall–Kier alpha value is -1.32. The van der Waals surface area contributed by atoms with Gasteiger partial charge in [-0.05, 0) is 36.1 Å². The van der Waals surface area contributed by atoms with Crippen LogP contribution in [0.1, 0.15) is 17.4 Å². The quantitative estimate of drug-likeness (QED) is 0.894. The van der Waals surface area contributed by atoms with Gasteiger partial charge in [-0.1, -0.05) is 18.2 Å². The van der Waals surface area contributed by atoms with Crippen LogP contribution < -0.4 is 10.6 Å². The number of nitrogens with two attached hydrogens (primary N) is 1. The highest BCUT2D eigenvalue weighted by Crippen LogP contribution is 2.20. The van der Waals surface area contributed by atoms with Crippen molar-refractivity contribution in [1.29, 1.82) is 0 Å². The van der Waals surface area contributed by atoms with Crippen LogP contribution in [0.2, 0.25) is 0 Å². The Bertz CT molecular complexity index is 479. The third-order valence-corrected chi connectivity index (χ3v) is 4.19. The van der Waals surface area contributed by atoms with E-state index in [1.807, 2.05) is 11.3 Å². The van der Waals surface area contributed by atoms with E-state index in [1.54, 1.807) is 0 Å². The molecule has 2 nitrogen and oxygen atoms in total.